The van der Waals surface area contributed by atoms with Gasteiger partial charge in [-0.05, 0) is 12.2 Å². The molecule has 6 heteroatoms. The summed E-state index contributed by atoms with van der Waals surface area (Å²) >= 11 is 1.50. The fourth-order valence-electron chi connectivity index (χ4n) is 2.50. The molecule has 1 amide bonds. The van der Waals surface area contributed by atoms with Crippen molar-refractivity contribution in [2.75, 3.05) is 5.75 Å². The van der Waals surface area contributed by atoms with Crippen LogP contribution in [-0.4, -0.2) is 28.6 Å². The van der Waals surface area contributed by atoms with Crippen LogP contribution in [-0.2, 0) is 9.59 Å². The molecule has 88 valence electrons. The molecule has 4 nitrogen and oxygen atoms in total. The van der Waals surface area contributed by atoms with Crippen LogP contribution in [0.4, 0.5) is 0 Å². The summed E-state index contributed by atoms with van der Waals surface area (Å²) in [6.45, 7) is 3.93. The van der Waals surface area contributed by atoms with Gasteiger partial charge in [0, 0.05) is 11.3 Å². The molecule has 1 saturated heterocycles. The first-order valence-electron chi connectivity index (χ1n) is 5.52. The first-order chi connectivity index (χ1) is 7.61. The quantitative estimate of drug-likeness (QED) is 0.410. The zero-order valence-corrected chi connectivity index (χ0v) is 13.2. The summed E-state index contributed by atoms with van der Waals surface area (Å²) < 4.78 is 0. The molecule has 2 atom stereocenters. The van der Waals surface area contributed by atoms with Crippen LogP contribution in [0, 0.1) is 5.92 Å². The SMILES string of the molecule is CCSC1=C(C(=O)[O-])N2C(=O)[C@H](CC)[C@H]2C1.[Na+]. The molecule has 0 spiro atoms. The van der Waals surface area contributed by atoms with Gasteiger partial charge in [-0.25, -0.2) is 0 Å². The first-order valence-corrected chi connectivity index (χ1v) is 6.50. The van der Waals surface area contributed by atoms with E-state index in [0.717, 1.165) is 17.1 Å². The fraction of sp³-hybridized carbons (Fsp3) is 0.636. The average Bonchev–Trinajstić information content (AvgIpc) is 2.55. The molecule has 2 heterocycles. The van der Waals surface area contributed by atoms with E-state index in [0.29, 0.717) is 6.42 Å². The molecule has 2 aliphatic heterocycles. The number of thioether (sulfide) groups is 1. The zero-order chi connectivity index (χ0) is 11.9. The molecule has 0 radical (unpaired) electrons. The number of nitrogens with zero attached hydrogens (tertiary/aromatic N) is 1. The Labute approximate surface area is 127 Å². The van der Waals surface area contributed by atoms with Gasteiger partial charge in [-0.3, -0.25) is 4.79 Å². The third-order valence-electron chi connectivity index (χ3n) is 3.20. The van der Waals surface area contributed by atoms with Crippen molar-refractivity contribution in [2.24, 2.45) is 5.92 Å². The standard InChI is InChI=1S/C11H15NO3S.Na/c1-3-6-7-5-8(16-4-2)9(11(14)15)12(7)10(6)13;/h6-7H,3-5H2,1-2H3,(H,14,15);/q;+1/p-1/t6-,7-;/m1./s1. The minimum absolute atomic E-state index is 0. The number of β-lactam (4-membered cyclic amide) rings is 1. The molecule has 0 aromatic carbocycles. The summed E-state index contributed by atoms with van der Waals surface area (Å²) in [6, 6.07) is 0.0689. The van der Waals surface area contributed by atoms with E-state index in [1.807, 2.05) is 13.8 Å². The van der Waals surface area contributed by atoms with E-state index < -0.39 is 5.97 Å². The molecule has 0 unspecified atom stereocenters. The molecule has 2 aliphatic rings. The van der Waals surface area contributed by atoms with Gasteiger partial charge in [-0.15, -0.1) is 11.8 Å². The van der Waals surface area contributed by atoms with Gasteiger partial charge in [-0.2, -0.15) is 0 Å². The Balaban J connectivity index is 0.00000144. The van der Waals surface area contributed by atoms with Crippen molar-refractivity contribution >= 4 is 23.6 Å². The number of amides is 1. The Bertz CT molecular complexity index is 383. The number of hydrogen-bond donors (Lipinski definition) is 0. The van der Waals surface area contributed by atoms with Crippen molar-refractivity contribution in [3.63, 3.8) is 0 Å². The molecular weight excluding hydrogens is 249 g/mol. The molecule has 0 aliphatic carbocycles. The van der Waals surface area contributed by atoms with E-state index in [9.17, 15) is 14.7 Å². The number of carboxylic acid groups (broad SMARTS) is 1. The van der Waals surface area contributed by atoms with Gasteiger partial charge < -0.3 is 14.8 Å². The van der Waals surface area contributed by atoms with E-state index in [-0.39, 0.29) is 53.1 Å². The van der Waals surface area contributed by atoms with Gasteiger partial charge in [0.25, 0.3) is 0 Å². The molecule has 0 aromatic rings. The average molecular weight is 263 g/mol. The predicted octanol–water partition coefficient (Wildman–Crippen LogP) is -2.65. The largest absolute Gasteiger partial charge is 1.00 e. The molecule has 17 heavy (non-hydrogen) atoms. The summed E-state index contributed by atoms with van der Waals surface area (Å²) in [7, 11) is 0. The topological polar surface area (TPSA) is 60.4 Å². The molecule has 2 rings (SSSR count). The summed E-state index contributed by atoms with van der Waals surface area (Å²) in [5.74, 6) is -0.457. The zero-order valence-electron chi connectivity index (χ0n) is 10.4. The number of carboxylic acids is 1. The second-order valence-electron chi connectivity index (χ2n) is 3.99. The number of aliphatic carboxylic acids is 1. The van der Waals surface area contributed by atoms with Crippen molar-refractivity contribution in [3.05, 3.63) is 10.6 Å². The number of carbonyl (C=O) groups is 2. The number of carbonyl (C=O) groups excluding carboxylic acids is 2. The van der Waals surface area contributed by atoms with Crippen molar-refractivity contribution in [1.29, 1.82) is 0 Å². The Kier molecular flexibility index (Phi) is 5.13. The van der Waals surface area contributed by atoms with E-state index in [4.69, 9.17) is 0 Å². The van der Waals surface area contributed by atoms with E-state index >= 15 is 0 Å². The Hall–Kier alpha value is 0.0300. The summed E-state index contributed by atoms with van der Waals surface area (Å²) in [5.41, 5.74) is 0.117. The van der Waals surface area contributed by atoms with E-state index in [1.165, 1.54) is 16.7 Å². The van der Waals surface area contributed by atoms with Crippen molar-refractivity contribution in [3.8, 4) is 0 Å². The summed E-state index contributed by atoms with van der Waals surface area (Å²) in [4.78, 5) is 25.0. The van der Waals surface area contributed by atoms with Crippen LogP contribution < -0.4 is 34.7 Å². The van der Waals surface area contributed by atoms with Gasteiger partial charge in [0.15, 0.2) is 0 Å². The van der Waals surface area contributed by atoms with Gasteiger partial charge in [0.05, 0.1) is 23.6 Å². The maximum atomic E-state index is 11.7. The second-order valence-corrected chi connectivity index (χ2v) is 5.35. The Morgan fingerprint density at radius 2 is 2.18 bits per heavy atom. The van der Waals surface area contributed by atoms with Crippen LogP contribution in [0.5, 0.6) is 0 Å². The Morgan fingerprint density at radius 1 is 1.53 bits per heavy atom. The van der Waals surface area contributed by atoms with Gasteiger partial charge in [-0.1, -0.05) is 13.8 Å². The van der Waals surface area contributed by atoms with Crippen LogP contribution in [0.2, 0.25) is 0 Å². The minimum Gasteiger partial charge on any atom is -0.543 e. The monoisotopic (exact) mass is 263 g/mol. The number of hydrogen-bond acceptors (Lipinski definition) is 4. The summed E-state index contributed by atoms with van der Waals surface area (Å²) in [6.07, 6.45) is 1.47. The van der Waals surface area contributed by atoms with Crippen LogP contribution in [0.3, 0.4) is 0 Å². The van der Waals surface area contributed by atoms with E-state index in [1.54, 1.807) is 0 Å². The molecule has 0 N–H and O–H groups in total. The molecule has 0 bridgehead atoms. The van der Waals surface area contributed by atoms with Gasteiger partial charge >= 0.3 is 29.6 Å². The first kappa shape index (κ1) is 15.1. The van der Waals surface area contributed by atoms with Gasteiger partial charge in [0.1, 0.15) is 0 Å². The van der Waals surface area contributed by atoms with Crippen molar-refractivity contribution < 1.29 is 44.3 Å². The molecule has 0 aromatic heterocycles. The normalized spacial score (nSPS) is 26.5. The van der Waals surface area contributed by atoms with E-state index in [2.05, 4.69) is 0 Å². The minimum atomic E-state index is -1.22. The second kappa shape index (κ2) is 5.78. The van der Waals surface area contributed by atoms with Crippen LogP contribution in [0.25, 0.3) is 0 Å². The van der Waals surface area contributed by atoms with Crippen molar-refractivity contribution in [2.45, 2.75) is 32.7 Å². The summed E-state index contributed by atoms with van der Waals surface area (Å²) in [5, 5.41) is 11.0. The fourth-order valence-corrected chi connectivity index (χ4v) is 3.45. The maximum absolute atomic E-state index is 11.7. The predicted molar refractivity (Wildman–Crippen MR) is 59.2 cm³/mol. The Morgan fingerprint density at radius 3 is 2.65 bits per heavy atom. The third kappa shape index (κ3) is 2.30. The molecular formula is C11H14NNaO3S. The number of rotatable bonds is 4. The van der Waals surface area contributed by atoms with Crippen LogP contribution in [0.15, 0.2) is 10.6 Å². The maximum Gasteiger partial charge on any atom is 1.00 e. The smallest absolute Gasteiger partial charge is 0.543 e. The van der Waals surface area contributed by atoms with Crippen LogP contribution in [0.1, 0.15) is 26.7 Å². The van der Waals surface area contributed by atoms with Crippen molar-refractivity contribution in [1.82, 2.24) is 4.90 Å². The number of fused-ring (bicyclic) bond motifs is 1. The van der Waals surface area contributed by atoms with Crippen LogP contribution >= 0.6 is 11.8 Å². The molecule has 1 fully saturated rings. The molecule has 0 saturated carbocycles. The van der Waals surface area contributed by atoms with Gasteiger partial charge in [0.2, 0.25) is 5.91 Å². The third-order valence-corrected chi connectivity index (χ3v) is 4.20.